The van der Waals surface area contributed by atoms with Gasteiger partial charge in [-0.05, 0) is 6.07 Å². The van der Waals surface area contributed by atoms with Gasteiger partial charge in [0, 0.05) is 19.0 Å². The van der Waals surface area contributed by atoms with Gasteiger partial charge in [-0.2, -0.15) is 0 Å². The summed E-state index contributed by atoms with van der Waals surface area (Å²) >= 11 is 1.51. The summed E-state index contributed by atoms with van der Waals surface area (Å²) in [6, 6.07) is 1.82. The molecule has 66 valence electrons. The Morgan fingerprint density at radius 1 is 1.67 bits per heavy atom. The monoisotopic (exact) mass is 185 g/mol. The lowest BCUT2D eigenvalue weighted by Gasteiger charge is -2.00. The molecule has 4 nitrogen and oxygen atoms in total. The molecule has 0 bridgehead atoms. The van der Waals surface area contributed by atoms with Crippen molar-refractivity contribution < 1.29 is 5.11 Å². The Kier molecular flexibility index (Phi) is 3.83. The Bertz CT molecular complexity index is 244. The molecule has 0 aliphatic carbocycles. The van der Waals surface area contributed by atoms with Crippen molar-refractivity contribution in [1.82, 2.24) is 9.97 Å². The molecule has 0 amide bonds. The SMILES string of the molecule is CNc1nccc(SCCO)n1. The first kappa shape index (κ1) is 9.28. The molecular weight excluding hydrogens is 174 g/mol. The van der Waals surface area contributed by atoms with Crippen molar-refractivity contribution in [2.24, 2.45) is 0 Å². The average molecular weight is 185 g/mol. The Morgan fingerprint density at radius 3 is 3.17 bits per heavy atom. The van der Waals surface area contributed by atoms with E-state index in [2.05, 4.69) is 15.3 Å². The van der Waals surface area contributed by atoms with Gasteiger partial charge in [-0.25, -0.2) is 9.97 Å². The lowest BCUT2D eigenvalue weighted by molar-refractivity contribution is 0.322. The molecule has 0 aromatic carbocycles. The van der Waals surface area contributed by atoms with E-state index in [1.54, 1.807) is 13.2 Å². The summed E-state index contributed by atoms with van der Waals surface area (Å²) < 4.78 is 0. The average Bonchev–Trinajstić information content (AvgIpc) is 2.15. The topological polar surface area (TPSA) is 58.0 Å². The Balaban J connectivity index is 2.60. The molecule has 1 aromatic heterocycles. The van der Waals surface area contributed by atoms with Crippen molar-refractivity contribution in [3.8, 4) is 0 Å². The molecule has 1 aromatic rings. The van der Waals surface area contributed by atoms with Crippen LogP contribution in [0.5, 0.6) is 0 Å². The van der Waals surface area contributed by atoms with Crippen LogP contribution < -0.4 is 5.32 Å². The molecule has 2 N–H and O–H groups in total. The van der Waals surface area contributed by atoms with Gasteiger partial charge in [0.05, 0.1) is 6.61 Å². The van der Waals surface area contributed by atoms with Crippen molar-refractivity contribution in [2.75, 3.05) is 24.7 Å². The normalized spacial score (nSPS) is 9.83. The fourth-order valence-electron chi connectivity index (χ4n) is 0.693. The third-order valence-corrected chi connectivity index (χ3v) is 2.10. The van der Waals surface area contributed by atoms with Crippen molar-refractivity contribution in [3.05, 3.63) is 12.3 Å². The van der Waals surface area contributed by atoms with Gasteiger partial charge in [-0.3, -0.25) is 0 Å². The number of nitrogens with one attached hydrogen (secondary N) is 1. The minimum Gasteiger partial charge on any atom is -0.396 e. The molecule has 1 rings (SSSR count). The van der Waals surface area contributed by atoms with Gasteiger partial charge >= 0.3 is 0 Å². The van der Waals surface area contributed by atoms with E-state index in [1.807, 2.05) is 6.07 Å². The summed E-state index contributed by atoms with van der Waals surface area (Å²) in [6.45, 7) is 0.170. The molecule has 12 heavy (non-hydrogen) atoms. The van der Waals surface area contributed by atoms with Crippen molar-refractivity contribution in [3.63, 3.8) is 0 Å². The number of aliphatic hydroxyl groups excluding tert-OH is 1. The van der Waals surface area contributed by atoms with Crippen LogP contribution >= 0.6 is 11.8 Å². The van der Waals surface area contributed by atoms with Crippen LogP contribution in [0.4, 0.5) is 5.95 Å². The lowest BCUT2D eigenvalue weighted by atomic mass is 10.7. The zero-order valence-electron chi connectivity index (χ0n) is 6.82. The summed E-state index contributed by atoms with van der Waals surface area (Å²) in [5.74, 6) is 1.28. The summed E-state index contributed by atoms with van der Waals surface area (Å²) in [5, 5.41) is 12.3. The molecule has 5 heteroatoms. The molecule has 0 unspecified atom stereocenters. The van der Waals surface area contributed by atoms with E-state index in [4.69, 9.17) is 5.11 Å². The van der Waals surface area contributed by atoms with Crippen LogP contribution in [0.25, 0.3) is 0 Å². The third kappa shape index (κ3) is 2.67. The van der Waals surface area contributed by atoms with Crippen LogP contribution in [-0.4, -0.2) is 34.5 Å². The number of hydrogen-bond acceptors (Lipinski definition) is 5. The highest BCUT2D eigenvalue weighted by Gasteiger charge is 1.96. The lowest BCUT2D eigenvalue weighted by Crippen LogP contribution is -1.96. The van der Waals surface area contributed by atoms with Gasteiger partial charge in [0.1, 0.15) is 5.03 Å². The number of hydrogen-bond donors (Lipinski definition) is 2. The largest absolute Gasteiger partial charge is 0.396 e. The first-order chi connectivity index (χ1) is 5.86. The summed E-state index contributed by atoms with van der Waals surface area (Å²) in [5.41, 5.74) is 0. The molecule has 1 heterocycles. The third-order valence-electron chi connectivity index (χ3n) is 1.19. The number of rotatable bonds is 4. The van der Waals surface area contributed by atoms with E-state index in [0.717, 1.165) is 5.03 Å². The van der Waals surface area contributed by atoms with E-state index in [1.165, 1.54) is 11.8 Å². The predicted octanol–water partition coefficient (Wildman–Crippen LogP) is 0.603. The second kappa shape index (κ2) is 4.95. The van der Waals surface area contributed by atoms with Crippen LogP contribution in [-0.2, 0) is 0 Å². The number of aromatic nitrogens is 2. The van der Waals surface area contributed by atoms with Gasteiger partial charge in [-0.15, -0.1) is 11.8 Å². The molecule has 0 saturated heterocycles. The summed E-state index contributed by atoms with van der Waals surface area (Å²) in [6.07, 6.45) is 1.69. The standard InChI is InChI=1S/C7H11N3OS/c1-8-7-9-3-2-6(10-7)12-5-4-11/h2-3,11H,4-5H2,1H3,(H,8,9,10). The van der Waals surface area contributed by atoms with Gasteiger partial charge in [0.15, 0.2) is 0 Å². The number of nitrogens with zero attached hydrogens (tertiary/aromatic N) is 2. The quantitative estimate of drug-likeness (QED) is 0.531. The van der Waals surface area contributed by atoms with E-state index in [0.29, 0.717) is 11.7 Å². The first-order valence-electron chi connectivity index (χ1n) is 3.61. The van der Waals surface area contributed by atoms with Crippen molar-refractivity contribution >= 4 is 17.7 Å². The van der Waals surface area contributed by atoms with Gasteiger partial charge < -0.3 is 10.4 Å². The number of thioether (sulfide) groups is 1. The smallest absolute Gasteiger partial charge is 0.223 e. The van der Waals surface area contributed by atoms with Crippen LogP contribution in [0.1, 0.15) is 0 Å². The second-order valence-electron chi connectivity index (χ2n) is 2.04. The molecule has 0 atom stereocenters. The zero-order chi connectivity index (χ0) is 8.81. The maximum atomic E-state index is 8.57. The summed E-state index contributed by atoms with van der Waals surface area (Å²) in [4.78, 5) is 8.13. The second-order valence-corrected chi connectivity index (χ2v) is 3.16. The van der Waals surface area contributed by atoms with E-state index in [-0.39, 0.29) is 6.61 Å². The Hall–Kier alpha value is -0.810. The Labute approximate surface area is 75.4 Å². The van der Waals surface area contributed by atoms with Crippen LogP contribution in [0.2, 0.25) is 0 Å². The highest BCUT2D eigenvalue weighted by Crippen LogP contribution is 2.14. The van der Waals surface area contributed by atoms with Crippen molar-refractivity contribution in [2.45, 2.75) is 5.03 Å². The van der Waals surface area contributed by atoms with Crippen LogP contribution in [0.3, 0.4) is 0 Å². The molecule has 0 saturated carbocycles. The molecular formula is C7H11N3OS. The Morgan fingerprint density at radius 2 is 2.50 bits per heavy atom. The van der Waals surface area contributed by atoms with Crippen LogP contribution in [0.15, 0.2) is 17.3 Å². The maximum Gasteiger partial charge on any atom is 0.223 e. The number of aliphatic hydroxyl groups is 1. The molecule has 0 radical (unpaired) electrons. The predicted molar refractivity (Wildman–Crippen MR) is 49.4 cm³/mol. The minimum atomic E-state index is 0.170. The fourth-order valence-corrected chi connectivity index (χ4v) is 1.30. The molecule has 0 fully saturated rings. The van der Waals surface area contributed by atoms with Crippen molar-refractivity contribution in [1.29, 1.82) is 0 Å². The molecule has 0 aliphatic rings. The van der Waals surface area contributed by atoms with Gasteiger partial charge in [0.25, 0.3) is 0 Å². The highest BCUT2D eigenvalue weighted by molar-refractivity contribution is 7.99. The van der Waals surface area contributed by atoms with Gasteiger partial charge in [0.2, 0.25) is 5.95 Å². The minimum absolute atomic E-state index is 0.170. The van der Waals surface area contributed by atoms with Gasteiger partial charge in [-0.1, -0.05) is 0 Å². The zero-order valence-corrected chi connectivity index (χ0v) is 7.64. The molecule has 0 spiro atoms. The first-order valence-corrected chi connectivity index (χ1v) is 4.60. The van der Waals surface area contributed by atoms with Crippen LogP contribution in [0, 0.1) is 0 Å². The highest BCUT2D eigenvalue weighted by atomic mass is 32.2. The fraction of sp³-hybridized carbons (Fsp3) is 0.429. The van der Waals surface area contributed by atoms with E-state index >= 15 is 0 Å². The maximum absolute atomic E-state index is 8.57. The molecule has 0 aliphatic heterocycles. The summed E-state index contributed by atoms with van der Waals surface area (Å²) in [7, 11) is 1.77. The van der Waals surface area contributed by atoms with E-state index in [9.17, 15) is 0 Å². The number of anilines is 1. The van der Waals surface area contributed by atoms with E-state index < -0.39 is 0 Å².